The average molecular weight is 294 g/mol. The van der Waals surface area contributed by atoms with Gasteiger partial charge in [0.05, 0.1) is 6.20 Å². The second-order valence-corrected chi connectivity index (χ2v) is 6.25. The van der Waals surface area contributed by atoms with Gasteiger partial charge in [0.25, 0.3) is 0 Å². The van der Waals surface area contributed by atoms with Gasteiger partial charge in [0.1, 0.15) is 10.1 Å². The van der Waals surface area contributed by atoms with Gasteiger partial charge in [-0.15, -0.1) is 3.89 Å². The van der Waals surface area contributed by atoms with Crippen molar-refractivity contribution in [2.75, 3.05) is 11.4 Å². The Hall–Kier alpha value is -1.55. The van der Waals surface area contributed by atoms with Crippen LogP contribution in [0.1, 0.15) is 16.1 Å². The molecule has 2 rings (SSSR count). The van der Waals surface area contributed by atoms with Gasteiger partial charge in [-0.1, -0.05) is 11.3 Å². The molecule has 1 atom stereocenters. The number of halogens is 1. The molecule has 1 amide bonds. The lowest BCUT2D eigenvalue weighted by Crippen LogP contribution is -2.26. The number of hydrogen-bond donors (Lipinski definition) is 1. The van der Waals surface area contributed by atoms with Gasteiger partial charge < -0.3 is 5.11 Å². The molecule has 18 heavy (non-hydrogen) atoms. The lowest BCUT2D eigenvalue weighted by molar-refractivity contribution is -0.117. The fraction of sp³-hybridized carbons (Fsp3) is 0.375. The number of hydrogen-bond acceptors (Lipinski definition) is 6. The second kappa shape index (κ2) is 4.28. The molecule has 1 fully saturated rings. The van der Waals surface area contributed by atoms with Gasteiger partial charge >= 0.3 is 16.2 Å². The van der Waals surface area contributed by atoms with Gasteiger partial charge in [-0.25, -0.2) is 9.78 Å². The smallest absolute Gasteiger partial charge is 0.347 e. The summed E-state index contributed by atoms with van der Waals surface area (Å²) in [6.07, 6.45) is 0.605. The van der Waals surface area contributed by atoms with E-state index in [4.69, 9.17) is 5.11 Å². The highest BCUT2D eigenvalue weighted by Gasteiger charge is 2.40. The molecule has 1 aliphatic heterocycles. The molecule has 10 heteroatoms. The minimum Gasteiger partial charge on any atom is -0.477 e. The molecule has 2 heterocycles. The number of rotatable bonds is 3. The Morgan fingerprint density at radius 3 is 2.72 bits per heavy atom. The minimum absolute atomic E-state index is 0.0588. The predicted octanol–water partition coefficient (Wildman–Crippen LogP) is 0.246. The van der Waals surface area contributed by atoms with Gasteiger partial charge in [-0.2, -0.15) is 8.42 Å². The maximum absolute atomic E-state index is 12.8. The van der Waals surface area contributed by atoms with Crippen LogP contribution in [0.4, 0.5) is 9.02 Å². The third-order valence-electron chi connectivity index (χ3n) is 2.42. The second-order valence-electron chi connectivity index (χ2n) is 3.62. The number of anilines is 1. The van der Waals surface area contributed by atoms with Crippen LogP contribution in [0.25, 0.3) is 0 Å². The number of carboxylic acid groups (broad SMARTS) is 1. The number of thiazole rings is 1. The highest BCUT2D eigenvalue weighted by Crippen LogP contribution is 2.29. The molecule has 0 bridgehead atoms. The van der Waals surface area contributed by atoms with Crippen LogP contribution in [0.3, 0.4) is 0 Å². The lowest BCUT2D eigenvalue weighted by atomic mass is 10.4. The Labute approximate surface area is 105 Å². The molecule has 0 aliphatic carbocycles. The Morgan fingerprint density at radius 1 is 1.61 bits per heavy atom. The number of carbonyl (C=O) groups excluding carboxylic acids is 1. The fourth-order valence-electron chi connectivity index (χ4n) is 1.54. The van der Waals surface area contributed by atoms with E-state index in [9.17, 15) is 21.9 Å². The summed E-state index contributed by atoms with van der Waals surface area (Å²) >= 11 is 0.732. The first-order chi connectivity index (χ1) is 8.29. The van der Waals surface area contributed by atoms with Gasteiger partial charge in [0, 0.05) is 13.0 Å². The van der Waals surface area contributed by atoms with Crippen molar-refractivity contribution in [3.05, 3.63) is 11.1 Å². The normalized spacial score (nSPS) is 20.4. The number of nitrogens with zero attached hydrogens (tertiary/aromatic N) is 2. The molecule has 1 unspecified atom stereocenters. The van der Waals surface area contributed by atoms with Crippen LogP contribution in [-0.2, 0) is 15.0 Å². The fourth-order valence-corrected chi connectivity index (χ4v) is 2.99. The van der Waals surface area contributed by atoms with E-state index in [0.717, 1.165) is 22.4 Å². The van der Waals surface area contributed by atoms with Crippen LogP contribution >= 0.6 is 11.3 Å². The molecular formula is C8H7FN2O5S2. The van der Waals surface area contributed by atoms with Crippen molar-refractivity contribution in [3.63, 3.8) is 0 Å². The molecule has 1 aromatic heterocycles. The number of carboxylic acids is 1. The summed E-state index contributed by atoms with van der Waals surface area (Å²) in [6.45, 7) is -0.343. The third-order valence-corrected chi connectivity index (χ3v) is 4.54. The van der Waals surface area contributed by atoms with E-state index < -0.39 is 33.8 Å². The van der Waals surface area contributed by atoms with E-state index in [2.05, 4.69) is 4.98 Å². The predicted molar refractivity (Wildman–Crippen MR) is 59.9 cm³/mol. The average Bonchev–Trinajstić information content (AvgIpc) is 2.81. The first-order valence-corrected chi connectivity index (χ1v) is 6.98. The zero-order valence-electron chi connectivity index (χ0n) is 8.74. The van der Waals surface area contributed by atoms with Crippen molar-refractivity contribution >= 4 is 38.6 Å². The standard InChI is InChI=1S/C8H7FN2O5S2/c9-18(15,16)4-1-6(12)11(3-4)8-10-2-5(17-8)7(13)14/h2,4H,1,3H2,(H,13,14). The van der Waals surface area contributed by atoms with Crippen LogP contribution in [-0.4, -0.2) is 42.2 Å². The summed E-state index contributed by atoms with van der Waals surface area (Å²) in [5.74, 6) is -1.78. The van der Waals surface area contributed by atoms with E-state index in [1.165, 1.54) is 0 Å². The highest BCUT2D eigenvalue weighted by atomic mass is 32.3. The monoisotopic (exact) mass is 294 g/mol. The molecule has 0 spiro atoms. The molecule has 1 aromatic rings. The molecule has 1 N–H and O–H groups in total. The van der Waals surface area contributed by atoms with Crippen LogP contribution < -0.4 is 4.90 Å². The number of aromatic carboxylic acids is 1. The summed E-state index contributed by atoms with van der Waals surface area (Å²) < 4.78 is 34.2. The zero-order valence-corrected chi connectivity index (χ0v) is 10.4. The summed E-state index contributed by atoms with van der Waals surface area (Å²) in [4.78, 5) is 26.8. The Kier molecular flexibility index (Phi) is 3.07. The topological polar surface area (TPSA) is 105 Å². The maximum atomic E-state index is 12.8. The van der Waals surface area contributed by atoms with E-state index in [0.29, 0.717) is 0 Å². The molecule has 0 aromatic carbocycles. The lowest BCUT2D eigenvalue weighted by Gasteiger charge is -2.11. The van der Waals surface area contributed by atoms with Crippen LogP contribution in [0.2, 0.25) is 0 Å². The van der Waals surface area contributed by atoms with Gasteiger partial charge in [-0.05, 0) is 0 Å². The first-order valence-electron chi connectivity index (χ1n) is 4.72. The van der Waals surface area contributed by atoms with Crippen molar-refractivity contribution in [1.29, 1.82) is 0 Å². The number of amides is 1. The number of aromatic nitrogens is 1. The Bertz CT molecular complexity index is 611. The van der Waals surface area contributed by atoms with Crippen molar-refractivity contribution in [2.24, 2.45) is 0 Å². The van der Waals surface area contributed by atoms with Crippen LogP contribution in [0.15, 0.2) is 6.20 Å². The molecule has 1 aliphatic rings. The Balaban J connectivity index is 2.24. The van der Waals surface area contributed by atoms with Crippen LogP contribution in [0, 0.1) is 0 Å². The van der Waals surface area contributed by atoms with E-state index in [-0.39, 0.29) is 16.6 Å². The molecule has 98 valence electrons. The van der Waals surface area contributed by atoms with Crippen molar-refractivity contribution in [2.45, 2.75) is 11.7 Å². The minimum atomic E-state index is -4.79. The molecule has 1 saturated heterocycles. The zero-order chi connectivity index (χ0) is 13.5. The molecule has 7 nitrogen and oxygen atoms in total. The summed E-state index contributed by atoms with van der Waals surface area (Å²) in [6, 6.07) is 0. The summed E-state index contributed by atoms with van der Waals surface area (Å²) in [5.41, 5.74) is 0. The van der Waals surface area contributed by atoms with Crippen molar-refractivity contribution in [3.8, 4) is 0 Å². The molecule has 0 saturated carbocycles. The SMILES string of the molecule is O=C(O)c1cnc(N2CC(S(=O)(=O)F)CC2=O)s1. The summed E-state index contributed by atoms with van der Waals surface area (Å²) in [5, 5.41) is 7.34. The van der Waals surface area contributed by atoms with Gasteiger partial charge in [-0.3, -0.25) is 9.69 Å². The molecule has 0 radical (unpaired) electrons. The molecular weight excluding hydrogens is 287 g/mol. The third kappa shape index (κ3) is 2.34. The largest absolute Gasteiger partial charge is 0.477 e. The van der Waals surface area contributed by atoms with Crippen molar-refractivity contribution < 1.29 is 27.0 Å². The van der Waals surface area contributed by atoms with Gasteiger partial charge in [0.2, 0.25) is 5.91 Å². The first kappa shape index (κ1) is 12.9. The number of carbonyl (C=O) groups is 2. The Morgan fingerprint density at radius 2 is 2.28 bits per heavy atom. The van der Waals surface area contributed by atoms with Gasteiger partial charge in [0.15, 0.2) is 5.13 Å². The quantitative estimate of drug-likeness (QED) is 0.801. The van der Waals surface area contributed by atoms with E-state index >= 15 is 0 Å². The van der Waals surface area contributed by atoms with E-state index in [1.54, 1.807) is 0 Å². The van der Waals surface area contributed by atoms with Crippen molar-refractivity contribution in [1.82, 2.24) is 4.98 Å². The van der Waals surface area contributed by atoms with E-state index in [1.807, 2.05) is 0 Å². The summed E-state index contributed by atoms with van der Waals surface area (Å²) in [7, 11) is -4.79. The maximum Gasteiger partial charge on any atom is 0.347 e. The highest BCUT2D eigenvalue weighted by molar-refractivity contribution is 7.87. The van der Waals surface area contributed by atoms with Crippen LogP contribution in [0.5, 0.6) is 0 Å².